The maximum Gasteiger partial charge on any atom is 0.405 e. The van der Waals surface area contributed by atoms with Crippen LogP contribution in [-0.2, 0) is 4.79 Å². The SMILES string of the molecule is Cc1noc2nc(-c3ccccc3)cc(C(=O)NC(C)C(=O)NCC(F)(F)F)c12. The van der Waals surface area contributed by atoms with Crippen molar-refractivity contribution in [2.24, 2.45) is 0 Å². The molecule has 1 atom stereocenters. The van der Waals surface area contributed by atoms with Gasteiger partial charge >= 0.3 is 6.18 Å². The fraction of sp³-hybridized carbons (Fsp3) is 0.263. The largest absolute Gasteiger partial charge is 0.405 e. The number of hydrogen-bond acceptors (Lipinski definition) is 5. The summed E-state index contributed by atoms with van der Waals surface area (Å²) in [6.07, 6.45) is -4.54. The molecule has 7 nitrogen and oxygen atoms in total. The number of nitrogens with zero attached hydrogens (tertiary/aromatic N) is 2. The molecule has 3 rings (SSSR count). The maximum atomic E-state index is 12.8. The van der Waals surface area contributed by atoms with Gasteiger partial charge < -0.3 is 15.2 Å². The smallest absolute Gasteiger partial charge is 0.345 e. The molecule has 0 aliphatic carbocycles. The van der Waals surface area contributed by atoms with Gasteiger partial charge in [-0.3, -0.25) is 9.59 Å². The van der Waals surface area contributed by atoms with E-state index in [0.717, 1.165) is 5.56 Å². The number of carbonyl (C=O) groups excluding carboxylic acids is 2. The van der Waals surface area contributed by atoms with Crippen molar-refractivity contribution in [1.29, 1.82) is 0 Å². The zero-order valence-corrected chi connectivity index (χ0v) is 15.5. The molecule has 0 fully saturated rings. The van der Waals surface area contributed by atoms with Crippen molar-refractivity contribution < 1.29 is 27.3 Å². The van der Waals surface area contributed by atoms with Crippen molar-refractivity contribution in [1.82, 2.24) is 20.8 Å². The first-order valence-corrected chi connectivity index (χ1v) is 8.63. The third kappa shape index (κ3) is 4.71. The summed E-state index contributed by atoms with van der Waals surface area (Å²) in [7, 11) is 0. The molecule has 0 aliphatic rings. The van der Waals surface area contributed by atoms with Crippen LogP contribution in [0.15, 0.2) is 40.9 Å². The Morgan fingerprint density at radius 3 is 2.55 bits per heavy atom. The molecule has 152 valence electrons. The van der Waals surface area contributed by atoms with Gasteiger partial charge in [-0.05, 0) is 19.9 Å². The fourth-order valence-corrected chi connectivity index (χ4v) is 2.71. The number of halogens is 3. The van der Waals surface area contributed by atoms with Crippen LogP contribution in [0.5, 0.6) is 0 Å². The van der Waals surface area contributed by atoms with Crippen LogP contribution in [0.3, 0.4) is 0 Å². The normalized spacial score (nSPS) is 12.6. The molecule has 1 aromatic carbocycles. The fourth-order valence-electron chi connectivity index (χ4n) is 2.71. The van der Waals surface area contributed by atoms with E-state index in [1.807, 2.05) is 6.07 Å². The number of pyridine rings is 1. The lowest BCUT2D eigenvalue weighted by Crippen LogP contribution is -2.47. The molecule has 2 N–H and O–H groups in total. The Bertz CT molecular complexity index is 1050. The van der Waals surface area contributed by atoms with Crippen LogP contribution >= 0.6 is 0 Å². The van der Waals surface area contributed by atoms with E-state index >= 15 is 0 Å². The molecule has 1 unspecified atom stereocenters. The van der Waals surface area contributed by atoms with Gasteiger partial charge in [0.2, 0.25) is 5.91 Å². The number of aryl methyl sites for hydroxylation is 1. The van der Waals surface area contributed by atoms with Crippen molar-refractivity contribution in [3.8, 4) is 11.3 Å². The summed E-state index contributed by atoms with van der Waals surface area (Å²) in [4.78, 5) is 29.0. The van der Waals surface area contributed by atoms with E-state index in [-0.39, 0.29) is 11.3 Å². The Labute approximate surface area is 163 Å². The molecule has 0 saturated carbocycles. The van der Waals surface area contributed by atoms with Crippen molar-refractivity contribution in [2.45, 2.75) is 26.1 Å². The third-order valence-corrected chi connectivity index (χ3v) is 4.14. The first kappa shape index (κ1) is 20.3. The number of fused-ring (bicyclic) bond motifs is 1. The Morgan fingerprint density at radius 2 is 1.90 bits per heavy atom. The van der Waals surface area contributed by atoms with Crippen molar-refractivity contribution in [3.63, 3.8) is 0 Å². The van der Waals surface area contributed by atoms with Gasteiger partial charge in [-0.2, -0.15) is 13.2 Å². The first-order valence-electron chi connectivity index (χ1n) is 8.63. The Hall–Kier alpha value is -3.43. The van der Waals surface area contributed by atoms with Gasteiger partial charge in [0.25, 0.3) is 11.6 Å². The van der Waals surface area contributed by atoms with Crippen LogP contribution in [-0.4, -0.2) is 40.7 Å². The lowest BCUT2D eigenvalue weighted by atomic mass is 10.0. The molecule has 0 spiro atoms. The molecule has 2 aromatic heterocycles. The molecule has 0 bridgehead atoms. The molecule has 29 heavy (non-hydrogen) atoms. The Morgan fingerprint density at radius 1 is 1.21 bits per heavy atom. The number of hydrogen-bond donors (Lipinski definition) is 2. The van der Waals surface area contributed by atoms with Gasteiger partial charge in [0.05, 0.1) is 22.3 Å². The highest BCUT2D eigenvalue weighted by Gasteiger charge is 2.29. The van der Waals surface area contributed by atoms with Crippen LogP contribution in [0.25, 0.3) is 22.4 Å². The lowest BCUT2D eigenvalue weighted by molar-refractivity contribution is -0.139. The van der Waals surface area contributed by atoms with E-state index in [4.69, 9.17) is 4.52 Å². The van der Waals surface area contributed by atoms with Crippen molar-refractivity contribution in [3.05, 3.63) is 47.7 Å². The summed E-state index contributed by atoms with van der Waals surface area (Å²) in [5.74, 6) is -1.61. The zero-order valence-electron chi connectivity index (χ0n) is 15.5. The standard InChI is InChI=1S/C19H17F3N4O3/c1-10-15-13(17(28)24-11(2)16(27)23-9-19(20,21)22)8-14(25-18(15)29-26-10)12-6-4-3-5-7-12/h3-8,11H,9H2,1-2H3,(H,23,27)(H,24,28). The number of aromatic nitrogens is 2. The van der Waals surface area contributed by atoms with Crippen LogP contribution in [0.1, 0.15) is 23.0 Å². The molecule has 0 saturated heterocycles. The third-order valence-electron chi connectivity index (χ3n) is 4.14. The predicted molar refractivity (Wildman–Crippen MR) is 98.0 cm³/mol. The van der Waals surface area contributed by atoms with Crippen LogP contribution in [0.2, 0.25) is 0 Å². The molecule has 0 radical (unpaired) electrons. The van der Waals surface area contributed by atoms with Gasteiger partial charge in [0.1, 0.15) is 12.6 Å². The van der Waals surface area contributed by atoms with Crippen molar-refractivity contribution in [2.75, 3.05) is 6.54 Å². The Balaban J connectivity index is 1.89. The van der Waals surface area contributed by atoms with Crippen LogP contribution in [0, 0.1) is 6.92 Å². The Kier molecular flexibility index (Phi) is 5.53. The molecule has 0 aliphatic heterocycles. The topological polar surface area (TPSA) is 97.1 Å². The molecule has 3 aromatic rings. The number of rotatable bonds is 5. The quantitative estimate of drug-likeness (QED) is 0.679. The predicted octanol–water partition coefficient (Wildman–Crippen LogP) is 3.00. The van der Waals surface area contributed by atoms with Gasteiger partial charge in [-0.15, -0.1) is 0 Å². The van der Waals surface area contributed by atoms with Gasteiger partial charge in [0.15, 0.2) is 0 Å². The summed E-state index contributed by atoms with van der Waals surface area (Å²) < 4.78 is 42.0. The lowest BCUT2D eigenvalue weighted by Gasteiger charge is -2.15. The summed E-state index contributed by atoms with van der Waals surface area (Å²) in [5.41, 5.74) is 1.90. The summed E-state index contributed by atoms with van der Waals surface area (Å²) in [5, 5.41) is 8.33. The second-order valence-corrected chi connectivity index (χ2v) is 6.40. The number of alkyl halides is 3. The highest BCUT2D eigenvalue weighted by molar-refractivity contribution is 6.08. The van der Waals surface area contributed by atoms with E-state index in [9.17, 15) is 22.8 Å². The molecule has 10 heteroatoms. The molecule has 2 heterocycles. The van der Waals surface area contributed by atoms with Crippen molar-refractivity contribution >= 4 is 22.9 Å². The van der Waals surface area contributed by atoms with Crippen LogP contribution < -0.4 is 10.6 Å². The van der Waals surface area contributed by atoms with E-state index in [1.165, 1.54) is 13.0 Å². The van der Waals surface area contributed by atoms with E-state index in [0.29, 0.717) is 16.8 Å². The highest BCUT2D eigenvalue weighted by Crippen LogP contribution is 2.27. The summed E-state index contributed by atoms with van der Waals surface area (Å²) in [6, 6.07) is 9.37. The number of nitrogens with one attached hydrogen (secondary N) is 2. The average Bonchev–Trinajstić information content (AvgIpc) is 3.06. The number of benzene rings is 1. The molecule has 2 amide bonds. The summed E-state index contributed by atoms with van der Waals surface area (Å²) >= 11 is 0. The van der Waals surface area contributed by atoms with Crippen LogP contribution in [0.4, 0.5) is 13.2 Å². The van der Waals surface area contributed by atoms with E-state index < -0.39 is 30.6 Å². The number of amides is 2. The van der Waals surface area contributed by atoms with Gasteiger partial charge in [-0.1, -0.05) is 35.5 Å². The average molecular weight is 406 g/mol. The second kappa shape index (κ2) is 7.90. The monoisotopic (exact) mass is 406 g/mol. The zero-order chi connectivity index (χ0) is 21.2. The van der Waals surface area contributed by atoms with E-state index in [1.54, 1.807) is 36.5 Å². The highest BCUT2D eigenvalue weighted by atomic mass is 19.4. The minimum atomic E-state index is -4.54. The first-order chi connectivity index (χ1) is 13.7. The van der Waals surface area contributed by atoms with E-state index in [2.05, 4.69) is 15.5 Å². The minimum Gasteiger partial charge on any atom is -0.345 e. The molecular weight excluding hydrogens is 389 g/mol. The van der Waals surface area contributed by atoms with Gasteiger partial charge in [0, 0.05) is 5.56 Å². The molecular formula is C19H17F3N4O3. The number of carbonyl (C=O) groups is 2. The maximum absolute atomic E-state index is 12.8. The van der Waals surface area contributed by atoms with Gasteiger partial charge in [-0.25, -0.2) is 4.98 Å². The summed E-state index contributed by atoms with van der Waals surface area (Å²) in [6.45, 7) is 1.45. The minimum absolute atomic E-state index is 0.142. The second-order valence-electron chi connectivity index (χ2n) is 6.40.